The lowest BCUT2D eigenvalue weighted by atomic mass is 9.71. The van der Waals surface area contributed by atoms with Gasteiger partial charge >= 0.3 is 11.9 Å². The summed E-state index contributed by atoms with van der Waals surface area (Å²) in [4.78, 5) is 21.9. The molecule has 0 aliphatic heterocycles. The molecule has 16 heavy (non-hydrogen) atoms. The molecule has 0 rings (SSSR count). The average molecular weight is 226 g/mol. The third kappa shape index (κ3) is 3.53. The molecule has 0 heterocycles. The Morgan fingerprint density at radius 2 is 1.88 bits per heavy atom. The minimum absolute atomic E-state index is 0.178. The second-order valence-corrected chi connectivity index (χ2v) is 4.03. The highest BCUT2D eigenvalue weighted by molar-refractivity contribution is 5.76. The number of allylic oxidation sites excluding steroid dienone is 2. The predicted octanol–water partition coefficient (Wildman–Crippen LogP) is 2.32. The van der Waals surface area contributed by atoms with Crippen LogP contribution in [0.25, 0.3) is 0 Å². The molecular weight excluding hydrogens is 208 g/mol. The largest absolute Gasteiger partial charge is 0.481 e. The van der Waals surface area contributed by atoms with Gasteiger partial charge < -0.3 is 10.2 Å². The molecule has 0 aliphatic carbocycles. The first-order valence-electron chi connectivity index (χ1n) is 5.05. The molecule has 4 nitrogen and oxygen atoms in total. The van der Waals surface area contributed by atoms with E-state index in [0.717, 1.165) is 0 Å². The number of rotatable bonds is 8. The third-order valence-corrected chi connectivity index (χ3v) is 2.83. The van der Waals surface area contributed by atoms with Crippen molar-refractivity contribution in [1.82, 2.24) is 0 Å². The van der Waals surface area contributed by atoms with Gasteiger partial charge in [-0.2, -0.15) is 0 Å². The maximum Gasteiger partial charge on any atom is 0.309 e. The zero-order valence-corrected chi connectivity index (χ0v) is 9.48. The van der Waals surface area contributed by atoms with E-state index in [-0.39, 0.29) is 12.8 Å². The van der Waals surface area contributed by atoms with Crippen molar-refractivity contribution >= 4 is 11.9 Å². The average Bonchev–Trinajstić information content (AvgIpc) is 2.16. The fourth-order valence-electron chi connectivity index (χ4n) is 1.71. The van der Waals surface area contributed by atoms with Crippen LogP contribution in [0.3, 0.4) is 0 Å². The smallest absolute Gasteiger partial charge is 0.309 e. The van der Waals surface area contributed by atoms with Crippen LogP contribution in [0, 0.1) is 11.3 Å². The van der Waals surface area contributed by atoms with Crippen molar-refractivity contribution in [3.05, 3.63) is 25.3 Å². The Bertz CT molecular complexity index is 295. The van der Waals surface area contributed by atoms with E-state index in [9.17, 15) is 14.7 Å². The third-order valence-electron chi connectivity index (χ3n) is 2.83. The van der Waals surface area contributed by atoms with Crippen LogP contribution in [0.4, 0.5) is 0 Å². The van der Waals surface area contributed by atoms with Gasteiger partial charge in [-0.15, -0.1) is 13.2 Å². The summed E-state index contributed by atoms with van der Waals surface area (Å²) in [5, 5.41) is 18.0. The van der Waals surface area contributed by atoms with Gasteiger partial charge in [0.15, 0.2) is 0 Å². The summed E-state index contributed by atoms with van der Waals surface area (Å²) < 4.78 is 0. The predicted molar refractivity (Wildman–Crippen MR) is 61.1 cm³/mol. The molecule has 2 unspecified atom stereocenters. The number of aliphatic carboxylic acids is 2. The molecule has 0 amide bonds. The summed E-state index contributed by atoms with van der Waals surface area (Å²) in [6, 6.07) is 0. The van der Waals surface area contributed by atoms with Gasteiger partial charge in [-0.3, -0.25) is 9.59 Å². The van der Waals surface area contributed by atoms with E-state index in [1.54, 1.807) is 13.0 Å². The molecule has 2 atom stereocenters. The Labute approximate surface area is 95.3 Å². The van der Waals surface area contributed by atoms with Crippen LogP contribution in [-0.2, 0) is 9.59 Å². The van der Waals surface area contributed by atoms with Crippen molar-refractivity contribution in [1.29, 1.82) is 0 Å². The van der Waals surface area contributed by atoms with Gasteiger partial charge in [-0.05, 0) is 25.7 Å². The summed E-state index contributed by atoms with van der Waals surface area (Å²) in [5.74, 6) is -2.47. The van der Waals surface area contributed by atoms with Gasteiger partial charge in [-0.1, -0.05) is 12.2 Å². The highest BCUT2D eigenvalue weighted by Gasteiger charge is 2.40. The molecule has 4 heteroatoms. The van der Waals surface area contributed by atoms with Gasteiger partial charge in [0, 0.05) is 6.42 Å². The Morgan fingerprint density at radius 3 is 2.19 bits per heavy atom. The van der Waals surface area contributed by atoms with Crippen molar-refractivity contribution in [3.8, 4) is 0 Å². The van der Waals surface area contributed by atoms with Crippen molar-refractivity contribution in [2.75, 3.05) is 0 Å². The van der Waals surface area contributed by atoms with E-state index in [2.05, 4.69) is 13.2 Å². The highest BCUT2D eigenvalue weighted by Crippen LogP contribution is 2.37. The lowest BCUT2D eigenvalue weighted by Crippen LogP contribution is -2.36. The fourth-order valence-corrected chi connectivity index (χ4v) is 1.71. The normalized spacial score (nSPS) is 15.8. The molecule has 0 aromatic rings. The summed E-state index contributed by atoms with van der Waals surface area (Å²) in [6.45, 7) is 8.59. The van der Waals surface area contributed by atoms with Crippen LogP contribution >= 0.6 is 0 Å². The first-order chi connectivity index (χ1) is 7.38. The molecule has 0 aliphatic rings. The Kier molecular flexibility index (Phi) is 5.50. The first-order valence-corrected chi connectivity index (χ1v) is 5.05. The quantitative estimate of drug-likeness (QED) is 0.623. The van der Waals surface area contributed by atoms with E-state index in [1.165, 1.54) is 6.08 Å². The molecule has 0 aromatic heterocycles. The topological polar surface area (TPSA) is 74.6 Å². The standard InChI is InChI=1S/C12H18O4/c1-4-6-9(8-10(13)14)12(3,7-5-2)11(15)16/h4-5,9H,1-2,6-8H2,3H3,(H,13,14)(H,15,16). The number of carboxylic acid groups (broad SMARTS) is 2. The van der Waals surface area contributed by atoms with E-state index in [0.29, 0.717) is 6.42 Å². The zero-order valence-electron chi connectivity index (χ0n) is 9.48. The number of hydrogen-bond acceptors (Lipinski definition) is 2. The van der Waals surface area contributed by atoms with Crippen molar-refractivity contribution in [3.63, 3.8) is 0 Å². The molecule has 0 radical (unpaired) electrons. The Hall–Kier alpha value is -1.58. The van der Waals surface area contributed by atoms with Crippen LogP contribution in [0.15, 0.2) is 25.3 Å². The summed E-state index contributed by atoms with van der Waals surface area (Å²) in [5.41, 5.74) is -1.10. The van der Waals surface area contributed by atoms with Crippen LogP contribution in [0.1, 0.15) is 26.2 Å². The van der Waals surface area contributed by atoms with E-state index < -0.39 is 23.3 Å². The van der Waals surface area contributed by atoms with Gasteiger partial charge in [-0.25, -0.2) is 0 Å². The van der Waals surface area contributed by atoms with Gasteiger partial charge in [0.1, 0.15) is 0 Å². The van der Waals surface area contributed by atoms with E-state index in [4.69, 9.17) is 5.11 Å². The summed E-state index contributed by atoms with van der Waals surface area (Å²) in [6.07, 6.45) is 3.49. The van der Waals surface area contributed by atoms with Gasteiger partial charge in [0.05, 0.1) is 5.41 Å². The molecule has 2 N–H and O–H groups in total. The fraction of sp³-hybridized carbons (Fsp3) is 0.500. The second-order valence-electron chi connectivity index (χ2n) is 4.03. The SMILES string of the molecule is C=CCC(CC(=O)O)C(C)(CC=C)C(=O)O. The van der Waals surface area contributed by atoms with Crippen molar-refractivity contribution in [2.45, 2.75) is 26.2 Å². The molecule has 0 saturated carbocycles. The van der Waals surface area contributed by atoms with Gasteiger partial charge in [0.2, 0.25) is 0 Å². The van der Waals surface area contributed by atoms with Gasteiger partial charge in [0.25, 0.3) is 0 Å². The molecule has 0 aromatic carbocycles. The van der Waals surface area contributed by atoms with Crippen molar-refractivity contribution < 1.29 is 19.8 Å². The van der Waals surface area contributed by atoms with E-state index >= 15 is 0 Å². The summed E-state index contributed by atoms with van der Waals surface area (Å²) >= 11 is 0. The molecule has 0 fully saturated rings. The Morgan fingerprint density at radius 1 is 1.31 bits per heavy atom. The minimum atomic E-state index is -1.10. The number of hydrogen-bond donors (Lipinski definition) is 2. The molecule has 0 spiro atoms. The monoisotopic (exact) mass is 226 g/mol. The molecule has 0 bridgehead atoms. The minimum Gasteiger partial charge on any atom is -0.481 e. The van der Waals surface area contributed by atoms with Crippen LogP contribution in [-0.4, -0.2) is 22.2 Å². The molecule has 0 saturated heterocycles. The van der Waals surface area contributed by atoms with Crippen LogP contribution in [0.2, 0.25) is 0 Å². The lowest BCUT2D eigenvalue weighted by Gasteiger charge is -2.31. The van der Waals surface area contributed by atoms with Crippen molar-refractivity contribution in [2.24, 2.45) is 11.3 Å². The number of carboxylic acids is 2. The summed E-state index contributed by atoms with van der Waals surface area (Å²) in [7, 11) is 0. The van der Waals surface area contributed by atoms with Crippen LogP contribution in [0.5, 0.6) is 0 Å². The van der Waals surface area contributed by atoms with E-state index in [1.807, 2.05) is 0 Å². The number of carbonyl (C=O) groups is 2. The zero-order chi connectivity index (χ0) is 12.8. The Balaban J connectivity index is 5.06. The molecular formula is C12H18O4. The van der Waals surface area contributed by atoms with Crippen LogP contribution < -0.4 is 0 Å². The maximum absolute atomic E-state index is 11.2. The molecule has 90 valence electrons. The first kappa shape index (κ1) is 14.4. The maximum atomic E-state index is 11.2. The lowest BCUT2D eigenvalue weighted by molar-refractivity contribution is -0.153. The second kappa shape index (κ2) is 6.10. The highest BCUT2D eigenvalue weighted by atomic mass is 16.4.